The highest BCUT2D eigenvalue weighted by Gasteiger charge is 2.11. The van der Waals surface area contributed by atoms with Crippen molar-refractivity contribution >= 4 is 17.3 Å². The molecule has 2 aromatic rings. The summed E-state index contributed by atoms with van der Waals surface area (Å²) in [6.07, 6.45) is 0. The predicted molar refractivity (Wildman–Crippen MR) is 76.1 cm³/mol. The molecule has 1 aromatic heterocycles. The molecule has 1 N–H and O–H groups in total. The van der Waals surface area contributed by atoms with Gasteiger partial charge in [0.1, 0.15) is 17.2 Å². The summed E-state index contributed by atoms with van der Waals surface area (Å²) >= 11 is 1.22. The van der Waals surface area contributed by atoms with Gasteiger partial charge in [0.05, 0.1) is 0 Å². The van der Waals surface area contributed by atoms with Crippen molar-refractivity contribution < 1.29 is 14.6 Å². The number of carboxylic acids is 1. The third-order valence-electron chi connectivity index (χ3n) is 2.88. The zero-order chi connectivity index (χ0) is 13.8. The molecule has 1 aromatic carbocycles. The van der Waals surface area contributed by atoms with Gasteiger partial charge in [-0.2, -0.15) is 0 Å². The number of carbonyl (C=O) groups is 1. The molecule has 0 unspecified atom stereocenters. The van der Waals surface area contributed by atoms with Gasteiger partial charge in [-0.3, -0.25) is 0 Å². The van der Waals surface area contributed by atoms with E-state index in [1.165, 1.54) is 16.9 Å². The molecule has 3 nitrogen and oxygen atoms in total. The summed E-state index contributed by atoms with van der Waals surface area (Å²) in [6.45, 7) is 4.56. The van der Waals surface area contributed by atoms with Crippen LogP contribution in [0.4, 0.5) is 0 Å². The van der Waals surface area contributed by atoms with Crippen molar-refractivity contribution in [2.45, 2.75) is 26.4 Å². The lowest BCUT2D eigenvalue weighted by molar-refractivity contribution is 0.0699. The normalized spacial score (nSPS) is 10.7. The summed E-state index contributed by atoms with van der Waals surface area (Å²) < 4.78 is 5.62. The van der Waals surface area contributed by atoms with E-state index >= 15 is 0 Å². The average Bonchev–Trinajstić information content (AvgIpc) is 2.85. The maximum absolute atomic E-state index is 11.0. The molecule has 2 rings (SSSR count). The molecule has 0 saturated heterocycles. The van der Waals surface area contributed by atoms with Crippen molar-refractivity contribution in [1.29, 1.82) is 0 Å². The van der Waals surface area contributed by atoms with E-state index in [1.807, 2.05) is 24.3 Å². The Balaban J connectivity index is 2.02. The minimum absolute atomic E-state index is 0.284. The molecule has 0 spiro atoms. The second kappa shape index (κ2) is 5.89. The minimum atomic E-state index is -0.899. The fourth-order valence-electron chi connectivity index (χ4n) is 1.75. The first-order valence-corrected chi connectivity index (χ1v) is 6.98. The number of rotatable bonds is 5. The van der Waals surface area contributed by atoms with E-state index in [0.29, 0.717) is 16.4 Å². The molecule has 19 heavy (non-hydrogen) atoms. The lowest BCUT2D eigenvalue weighted by Gasteiger charge is -2.08. The standard InChI is InChI=1S/C15H16O3S/c1-10(2)11-3-5-13(6-4-11)18-9-12-7-8-19-14(12)15(16)17/h3-8,10H,9H2,1-2H3,(H,16,17). The zero-order valence-corrected chi connectivity index (χ0v) is 11.7. The van der Waals surface area contributed by atoms with Crippen molar-refractivity contribution in [3.8, 4) is 5.75 Å². The Morgan fingerprint density at radius 1 is 1.26 bits per heavy atom. The van der Waals surface area contributed by atoms with Crippen molar-refractivity contribution in [2.75, 3.05) is 0 Å². The number of carboxylic acid groups (broad SMARTS) is 1. The summed E-state index contributed by atoms with van der Waals surface area (Å²) in [5.41, 5.74) is 1.97. The van der Waals surface area contributed by atoms with E-state index in [4.69, 9.17) is 9.84 Å². The first-order chi connectivity index (χ1) is 9.08. The van der Waals surface area contributed by atoms with Crippen LogP contribution in [0, 0.1) is 0 Å². The summed E-state index contributed by atoms with van der Waals surface area (Å²) in [7, 11) is 0. The van der Waals surface area contributed by atoms with Crippen LogP contribution < -0.4 is 4.74 Å². The fraction of sp³-hybridized carbons (Fsp3) is 0.267. The van der Waals surface area contributed by atoms with Crippen LogP contribution in [0.15, 0.2) is 35.7 Å². The summed E-state index contributed by atoms with van der Waals surface area (Å²) in [6, 6.07) is 9.69. The van der Waals surface area contributed by atoms with E-state index in [9.17, 15) is 4.79 Å². The highest BCUT2D eigenvalue weighted by molar-refractivity contribution is 7.12. The molecule has 1 heterocycles. The van der Waals surface area contributed by atoms with Gasteiger partial charge >= 0.3 is 5.97 Å². The van der Waals surface area contributed by atoms with Gasteiger partial charge < -0.3 is 9.84 Å². The largest absolute Gasteiger partial charge is 0.489 e. The van der Waals surface area contributed by atoms with Crippen molar-refractivity contribution in [1.82, 2.24) is 0 Å². The maximum atomic E-state index is 11.0. The Labute approximate surface area is 116 Å². The van der Waals surface area contributed by atoms with Gasteiger partial charge in [0.15, 0.2) is 0 Å². The number of hydrogen-bond donors (Lipinski definition) is 1. The maximum Gasteiger partial charge on any atom is 0.346 e. The SMILES string of the molecule is CC(C)c1ccc(OCc2ccsc2C(=O)O)cc1. The lowest BCUT2D eigenvalue weighted by Crippen LogP contribution is -2.01. The summed E-state index contributed by atoms with van der Waals surface area (Å²) in [5, 5.41) is 10.8. The van der Waals surface area contributed by atoms with Gasteiger partial charge in [-0.05, 0) is 35.1 Å². The van der Waals surface area contributed by atoms with E-state index in [-0.39, 0.29) is 6.61 Å². The van der Waals surface area contributed by atoms with Crippen molar-refractivity contribution in [3.63, 3.8) is 0 Å². The average molecular weight is 276 g/mol. The van der Waals surface area contributed by atoms with E-state index < -0.39 is 5.97 Å². The van der Waals surface area contributed by atoms with Crippen LogP contribution in [0.3, 0.4) is 0 Å². The Hall–Kier alpha value is -1.81. The first kappa shape index (κ1) is 13.6. The second-order valence-electron chi connectivity index (χ2n) is 4.59. The Kier molecular flexibility index (Phi) is 4.22. The molecule has 0 aliphatic carbocycles. The molecule has 0 aliphatic heterocycles. The summed E-state index contributed by atoms with van der Waals surface area (Å²) in [5.74, 6) is 0.347. The van der Waals surface area contributed by atoms with Crippen molar-refractivity contribution in [2.24, 2.45) is 0 Å². The van der Waals surface area contributed by atoms with E-state index in [1.54, 1.807) is 11.4 Å². The molecule has 0 atom stereocenters. The second-order valence-corrected chi connectivity index (χ2v) is 5.51. The van der Waals surface area contributed by atoms with Gasteiger partial charge in [0, 0.05) is 5.56 Å². The highest BCUT2D eigenvalue weighted by atomic mass is 32.1. The Morgan fingerprint density at radius 3 is 2.53 bits per heavy atom. The fourth-order valence-corrected chi connectivity index (χ4v) is 2.49. The molecular formula is C15H16O3S. The molecule has 0 fully saturated rings. The number of ether oxygens (including phenoxy) is 1. The highest BCUT2D eigenvalue weighted by Crippen LogP contribution is 2.22. The van der Waals surface area contributed by atoms with Crippen LogP contribution >= 0.6 is 11.3 Å². The van der Waals surface area contributed by atoms with E-state index in [2.05, 4.69) is 13.8 Å². The molecule has 4 heteroatoms. The third-order valence-corrected chi connectivity index (χ3v) is 3.83. The summed E-state index contributed by atoms with van der Waals surface area (Å²) in [4.78, 5) is 11.3. The van der Waals surface area contributed by atoms with Crippen LogP contribution in [-0.4, -0.2) is 11.1 Å². The third kappa shape index (κ3) is 3.35. The topological polar surface area (TPSA) is 46.5 Å². The Bertz CT molecular complexity index is 555. The predicted octanol–water partition coefficient (Wildman–Crippen LogP) is 4.15. The van der Waals surface area contributed by atoms with Gasteiger partial charge in [-0.15, -0.1) is 11.3 Å². The van der Waals surface area contributed by atoms with Crippen LogP contribution in [-0.2, 0) is 6.61 Å². The number of aromatic carboxylic acids is 1. The van der Waals surface area contributed by atoms with Crippen LogP contribution in [0.5, 0.6) is 5.75 Å². The smallest absolute Gasteiger partial charge is 0.346 e. The van der Waals surface area contributed by atoms with Gasteiger partial charge in [-0.1, -0.05) is 26.0 Å². The number of thiophene rings is 1. The van der Waals surface area contributed by atoms with Crippen LogP contribution in [0.25, 0.3) is 0 Å². The molecule has 0 saturated carbocycles. The molecule has 100 valence electrons. The number of hydrogen-bond acceptors (Lipinski definition) is 3. The molecule has 0 amide bonds. The van der Waals surface area contributed by atoms with Crippen molar-refractivity contribution in [3.05, 3.63) is 51.7 Å². The first-order valence-electron chi connectivity index (χ1n) is 6.10. The van der Waals surface area contributed by atoms with Crippen LogP contribution in [0.2, 0.25) is 0 Å². The molecular weight excluding hydrogens is 260 g/mol. The zero-order valence-electron chi connectivity index (χ0n) is 10.9. The van der Waals surface area contributed by atoms with Crippen LogP contribution in [0.1, 0.15) is 40.6 Å². The van der Waals surface area contributed by atoms with Gasteiger partial charge in [0.2, 0.25) is 0 Å². The Morgan fingerprint density at radius 2 is 1.95 bits per heavy atom. The number of benzene rings is 1. The van der Waals surface area contributed by atoms with E-state index in [0.717, 1.165) is 5.75 Å². The molecule has 0 bridgehead atoms. The van der Waals surface area contributed by atoms with Gasteiger partial charge in [-0.25, -0.2) is 4.79 Å². The lowest BCUT2D eigenvalue weighted by atomic mass is 10.0. The minimum Gasteiger partial charge on any atom is -0.489 e. The molecule has 0 aliphatic rings. The quantitative estimate of drug-likeness (QED) is 0.892. The monoisotopic (exact) mass is 276 g/mol. The van der Waals surface area contributed by atoms with Gasteiger partial charge in [0.25, 0.3) is 0 Å². The molecule has 0 radical (unpaired) electrons.